The van der Waals surface area contributed by atoms with Crippen molar-refractivity contribution < 1.29 is 14.3 Å². The SMILES string of the molecule is CC(C)(C(=N)c1ccc(O)c(F)c1)C(N)=O. The van der Waals surface area contributed by atoms with E-state index in [2.05, 4.69) is 0 Å². The third-order valence-corrected chi connectivity index (χ3v) is 2.48. The molecule has 1 aromatic carbocycles. The molecule has 86 valence electrons. The molecule has 4 nitrogen and oxygen atoms in total. The van der Waals surface area contributed by atoms with Gasteiger partial charge in [0.15, 0.2) is 11.6 Å². The van der Waals surface area contributed by atoms with Crippen LogP contribution in [0.2, 0.25) is 0 Å². The van der Waals surface area contributed by atoms with Gasteiger partial charge in [-0.2, -0.15) is 0 Å². The van der Waals surface area contributed by atoms with Gasteiger partial charge in [0.2, 0.25) is 5.91 Å². The third-order valence-electron chi connectivity index (χ3n) is 2.48. The maximum absolute atomic E-state index is 13.1. The van der Waals surface area contributed by atoms with Gasteiger partial charge in [-0.05, 0) is 37.6 Å². The molecule has 0 aromatic heterocycles. The Bertz CT molecular complexity index is 455. The molecule has 0 aliphatic carbocycles. The van der Waals surface area contributed by atoms with E-state index < -0.39 is 22.9 Å². The second-order valence-corrected chi connectivity index (χ2v) is 4.03. The predicted octanol–water partition coefficient (Wildman–Crippen LogP) is 1.41. The van der Waals surface area contributed by atoms with Crippen molar-refractivity contribution >= 4 is 11.6 Å². The molecule has 16 heavy (non-hydrogen) atoms. The first kappa shape index (κ1) is 12.2. The number of benzene rings is 1. The molecular weight excluding hydrogens is 211 g/mol. The number of hydrogen-bond donors (Lipinski definition) is 3. The number of nitrogens with one attached hydrogen (secondary N) is 1. The fourth-order valence-electron chi connectivity index (χ4n) is 1.15. The molecule has 0 bridgehead atoms. The van der Waals surface area contributed by atoms with Gasteiger partial charge in [-0.3, -0.25) is 4.79 Å². The molecule has 0 saturated carbocycles. The van der Waals surface area contributed by atoms with E-state index >= 15 is 0 Å². The Morgan fingerprint density at radius 2 is 2.06 bits per heavy atom. The Kier molecular flexibility index (Phi) is 2.98. The zero-order valence-electron chi connectivity index (χ0n) is 9.04. The van der Waals surface area contributed by atoms with Crippen LogP contribution in [-0.4, -0.2) is 16.7 Å². The number of nitrogens with two attached hydrogens (primary N) is 1. The molecule has 5 heteroatoms. The van der Waals surface area contributed by atoms with Crippen molar-refractivity contribution in [3.63, 3.8) is 0 Å². The van der Waals surface area contributed by atoms with Gasteiger partial charge in [0.1, 0.15) is 0 Å². The number of aromatic hydroxyl groups is 1. The van der Waals surface area contributed by atoms with Gasteiger partial charge in [0.25, 0.3) is 0 Å². The Labute approximate surface area is 92.4 Å². The van der Waals surface area contributed by atoms with Gasteiger partial charge in [0.05, 0.1) is 11.1 Å². The number of amides is 1. The first-order chi connectivity index (χ1) is 7.26. The summed E-state index contributed by atoms with van der Waals surface area (Å²) in [5, 5.41) is 16.8. The largest absolute Gasteiger partial charge is 0.505 e. The molecule has 0 unspecified atom stereocenters. The Balaban J connectivity index is 3.15. The summed E-state index contributed by atoms with van der Waals surface area (Å²) in [6.07, 6.45) is 0. The summed E-state index contributed by atoms with van der Waals surface area (Å²) < 4.78 is 13.1. The average Bonchev–Trinajstić information content (AvgIpc) is 2.20. The van der Waals surface area contributed by atoms with Gasteiger partial charge < -0.3 is 16.2 Å². The number of phenols is 1. The van der Waals surface area contributed by atoms with Crippen LogP contribution >= 0.6 is 0 Å². The van der Waals surface area contributed by atoms with Crippen LogP contribution in [0.3, 0.4) is 0 Å². The monoisotopic (exact) mass is 224 g/mol. The molecular formula is C11H13FN2O2. The summed E-state index contributed by atoms with van der Waals surface area (Å²) in [4.78, 5) is 11.1. The van der Waals surface area contributed by atoms with Gasteiger partial charge in [-0.25, -0.2) is 4.39 Å². The van der Waals surface area contributed by atoms with Crippen LogP contribution < -0.4 is 5.73 Å². The van der Waals surface area contributed by atoms with Gasteiger partial charge in [-0.15, -0.1) is 0 Å². The lowest BCUT2D eigenvalue weighted by atomic mass is 9.83. The molecule has 0 saturated heterocycles. The first-order valence-corrected chi connectivity index (χ1v) is 4.64. The van der Waals surface area contributed by atoms with Crippen LogP contribution in [0.4, 0.5) is 4.39 Å². The van der Waals surface area contributed by atoms with Crippen molar-refractivity contribution in [1.29, 1.82) is 5.41 Å². The molecule has 0 radical (unpaired) electrons. The van der Waals surface area contributed by atoms with Crippen LogP contribution in [0, 0.1) is 16.6 Å². The van der Waals surface area contributed by atoms with Crippen LogP contribution in [0.5, 0.6) is 5.75 Å². The zero-order chi connectivity index (χ0) is 12.5. The fourth-order valence-corrected chi connectivity index (χ4v) is 1.15. The highest BCUT2D eigenvalue weighted by molar-refractivity contribution is 6.14. The molecule has 1 amide bonds. The quantitative estimate of drug-likeness (QED) is 0.678. The minimum atomic E-state index is -1.18. The standard InChI is InChI=1S/C11H13FN2O2/c1-11(2,10(14)16)9(13)6-3-4-8(15)7(12)5-6/h3-5,13,15H,1-2H3,(H2,14,16). The number of carbonyl (C=O) groups is 1. The highest BCUT2D eigenvalue weighted by Gasteiger charge is 2.31. The minimum Gasteiger partial charge on any atom is -0.505 e. The van der Waals surface area contributed by atoms with E-state index in [1.54, 1.807) is 0 Å². The fraction of sp³-hybridized carbons (Fsp3) is 0.273. The Morgan fingerprint density at radius 1 is 1.50 bits per heavy atom. The van der Waals surface area contributed by atoms with E-state index in [4.69, 9.17) is 16.2 Å². The van der Waals surface area contributed by atoms with E-state index in [9.17, 15) is 9.18 Å². The van der Waals surface area contributed by atoms with Gasteiger partial charge >= 0.3 is 0 Å². The smallest absolute Gasteiger partial charge is 0.229 e. The number of carbonyl (C=O) groups excluding carboxylic acids is 1. The molecule has 0 heterocycles. The maximum atomic E-state index is 13.1. The number of halogens is 1. The van der Waals surface area contributed by atoms with E-state index in [1.807, 2.05) is 0 Å². The Morgan fingerprint density at radius 3 is 2.50 bits per heavy atom. The summed E-state index contributed by atoms with van der Waals surface area (Å²) >= 11 is 0. The first-order valence-electron chi connectivity index (χ1n) is 4.64. The van der Waals surface area contributed by atoms with E-state index in [0.29, 0.717) is 0 Å². The summed E-state index contributed by atoms with van der Waals surface area (Å²) in [7, 11) is 0. The summed E-state index contributed by atoms with van der Waals surface area (Å²) in [5.74, 6) is -1.98. The zero-order valence-corrected chi connectivity index (χ0v) is 9.04. The van der Waals surface area contributed by atoms with Crippen molar-refractivity contribution in [3.8, 4) is 5.75 Å². The van der Waals surface area contributed by atoms with E-state index in [1.165, 1.54) is 19.9 Å². The highest BCUT2D eigenvalue weighted by Crippen LogP contribution is 2.24. The minimum absolute atomic E-state index is 0.0844. The van der Waals surface area contributed by atoms with Gasteiger partial charge in [-0.1, -0.05) is 0 Å². The number of phenolic OH excluding ortho intramolecular Hbond substituents is 1. The maximum Gasteiger partial charge on any atom is 0.229 e. The molecule has 1 rings (SSSR count). The number of hydrogen-bond acceptors (Lipinski definition) is 3. The van der Waals surface area contributed by atoms with Crippen LogP contribution in [0.15, 0.2) is 18.2 Å². The predicted molar refractivity (Wildman–Crippen MR) is 57.9 cm³/mol. The normalized spacial score (nSPS) is 11.2. The van der Waals surface area contributed by atoms with E-state index in [0.717, 1.165) is 12.1 Å². The van der Waals surface area contributed by atoms with Crippen molar-refractivity contribution in [2.45, 2.75) is 13.8 Å². The van der Waals surface area contributed by atoms with Crippen LogP contribution in [-0.2, 0) is 4.79 Å². The molecule has 0 aliphatic rings. The molecule has 4 N–H and O–H groups in total. The summed E-state index contributed by atoms with van der Waals surface area (Å²) in [6.45, 7) is 2.98. The van der Waals surface area contributed by atoms with Crippen molar-refractivity contribution in [2.24, 2.45) is 11.1 Å². The molecule has 1 aromatic rings. The molecule has 0 fully saturated rings. The van der Waals surface area contributed by atoms with Crippen LogP contribution in [0.1, 0.15) is 19.4 Å². The summed E-state index contributed by atoms with van der Waals surface area (Å²) in [6, 6.07) is 3.50. The topological polar surface area (TPSA) is 87.2 Å². The number of rotatable bonds is 3. The lowest BCUT2D eigenvalue weighted by Gasteiger charge is -2.21. The summed E-state index contributed by atoms with van der Waals surface area (Å²) in [5.41, 5.74) is 4.11. The second-order valence-electron chi connectivity index (χ2n) is 4.03. The lowest BCUT2D eigenvalue weighted by molar-refractivity contribution is -0.122. The third kappa shape index (κ3) is 2.03. The number of primary amides is 1. The second kappa shape index (κ2) is 3.92. The van der Waals surface area contributed by atoms with Crippen LogP contribution in [0.25, 0.3) is 0 Å². The molecule has 0 spiro atoms. The van der Waals surface area contributed by atoms with Crippen molar-refractivity contribution in [1.82, 2.24) is 0 Å². The highest BCUT2D eigenvalue weighted by atomic mass is 19.1. The van der Waals surface area contributed by atoms with Gasteiger partial charge in [0, 0.05) is 0 Å². The van der Waals surface area contributed by atoms with Crippen molar-refractivity contribution in [3.05, 3.63) is 29.6 Å². The molecule has 0 aliphatic heterocycles. The van der Waals surface area contributed by atoms with Crippen molar-refractivity contribution in [2.75, 3.05) is 0 Å². The van der Waals surface area contributed by atoms with E-state index in [-0.39, 0.29) is 11.3 Å². The Hall–Kier alpha value is -1.91. The molecule has 0 atom stereocenters. The lowest BCUT2D eigenvalue weighted by Crippen LogP contribution is -2.38. The average molecular weight is 224 g/mol.